The molecule has 0 aliphatic heterocycles. The molecule has 1 N–H and O–H groups in total. The van der Waals surface area contributed by atoms with E-state index in [9.17, 15) is 4.79 Å². The van der Waals surface area contributed by atoms with E-state index in [2.05, 4.69) is 24.4 Å². The first-order valence-electron chi connectivity index (χ1n) is 5.69. The standard InChI is InChI=1S/C14H15NO2/c1-2-11-5-7-12(8-6-11)10-15-14(16)13-4-3-9-17-13/h3-9H,2,10H2,1H3,(H,15,16). The van der Waals surface area contributed by atoms with Gasteiger partial charge in [0, 0.05) is 6.54 Å². The minimum atomic E-state index is -0.186. The molecular formula is C14H15NO2. The van der Waals surface area contributed by atoms with Gasteiger partial charge in [-0.15, -0.1) is 0 Å². The van der Waals surface area contributed by atoms with Crippen LogP contribution in [0.3, 0.4) is 0 Å². The van der Waals surface area contributed by atoms with Gasteiger partial charge in [0.1, 0.15) is 0 Å². The summed E-state index contributed by atoms with van der Waals surface area (Å²) in [5.41, 5.74) is 2.38. The van der Waals surface area contributed by atoms with Crippen LogP contribution in [-0.4, -0.2) is 5.91 Å². The van der Waals surface area contributed by atoms with Gasteiger partial charge in [0.05, 0.1) is 6.26 Å². The van der Waals surface area contributed by atoms with Crippen molar-refractivity contribution >= 4 is 5.91 Å². The predicted molar refractivity (Wildman–Crippen MR) is 65.7 cm³/mol. The number of furan rings is 1. The largest absolute Gasteiger partial charge is 0.459 e. The molecule has 0 radical (unpaired) electrons. The van der Waals surface area contributed by atoms with Gasteiger partial charge >= 0.3 is 0 Å². The van der Waals surface area contributed by atoms with Crippen molar-refractivity contribution in [2.45, 2.75) is 19.9 Å². The van der Waals surface area contributed by atoms with E-state index < -0.39 is 0 Å². The fourth-order valence-corrected chi connectivity index (χ4v) is 1.57. The Bertz CT molecular complexity index is 471. The molecule has 0 atom stereocenters. The highest BCUT2D eigenvalue weighted by atomic mass is 16.3. The van der Waals surface area contributed by atoms with Gasteiger partial charge in [-0.3, -0.25) is 4.79 Å². The molecule has 3 nitrogen and oxygen atoms in total. The molecule has 0 spiro atoms. The third kappa shape index (κ3) is 2.97. The maximum absolute atomic E-state index is 11.6. The van der Waals surface area contributed by atoms with Crippen molar-refractivity contribution in [1.82, 2.24) is 5.32 Å². The Kier molecular flexibility index (Phi) is 3.60. The van der Waals surface area contributed by atoms with E-state index in [0.717, 1.165) is 12.0 Å². The lowest BCUT2D eigenvalue weighted by molar-refractivity contribution is 0.0923. The van der Waals surface area contributed by atoms with E-state index in [1.165, 1.54) is 11.8 Å². The summed E-state index contributed by atoms with van der Waals surface area (Å²) in [6.45, 7) is 2.64. The Labute approximate surface area is 100 Å². The Balaban J connectivity index is 1.91. The van der Waals surface area contributed by atoms with Crippen LogP contribution in [0.25, 0.3) is 0 Å². The third-order valence-corrected chi connectivity index (χ3v) is 2.63. The smallest absolute Gasteiger partial charge is 0.287 e. The average Bonchev–Trinajstić information content (AvgIpc) is 2.90. The Morgan fingerprint density at radius 2 is 1.88 bits per heavy atom. The molecular weight excluding hydrogens is 214 g/mol. The molecule has 1 amide bonds. The molecule has 1 aromatic carbocycles. The van der Waals surface area contributed by atoms with Gasteiger partial charge in [-0.05, 0) is 29.7 Å². The monoisotopic (exact) mass is 229 g/mol. The molecule has 17 heavy (non-hydrogen) atoms. The first-order chi connectivity index (χ1) is 8.29. The van der Waals surface area contributed by atoms with Crippen LogP contribution in [0.1, 0.15) is 28.6 Å². The summed E-state index contributed by atoms with van der Waals surface area (Å²) in [5.74, 6) is 0.157. The molecule has 3 heteroatoms. The number of rotatable bonds is 4. The van der Waals surface area contributed by atoms with Crippen molar-refractivity contribution in [2.24, 2.45) is 0 Å². The number of hydrogen-bond donors (Lipinski definition) is 1. The van der Waals surface area contributed by atoms with Crippen LogP contribution in [0.4, 0.5) is 0 Å². The van der Waals surface area contributed by atoms with Crippen molar-refractivity contribution in [3.63, 3.8) is 0 Å². The minimum Gasteiger partial charge on any atom is -0.459 e. The summed E-state index contributed by atoms with van der Waals surface area (Å²) in [4.78, 5) is 11.6. The van der Waals surface area contributed by atoms with E-state index in [1.807, 2.05) is 12.1 Å². The van der Waals surface area contributed by atoms with Crippen LogP contribution in [0.2, 0.25) is 0 Å². The normalized spacial score (nSPS) is 10.2. The van der Waals surface area contributed by atoms with Crippen LogP contribution in [0, 0.1) is 0 Å². The maximum atomic E-state index is 11.6. The van der Waals surface area contributed by atoms with Gasteiger partial charge in [0.2, 0.25) is 0 Å². The fraction of sp³-hybridized carbons (Fsp3) is 0.214. The number of hydrogen-bond acceptors (Lipinski definition) is 2. The van der Waals surface area contributed by atoms with Gasteiger partial charge in [-0.25, -0.2) is 0 Å². The van der Waals surface area contributed by atoms with Crippen molar-refractivity contribution in [3.05, 3.63) is 59.5 Å². The lowest BCUT2D eigenvalue weighted by Gasteiger charge is -2.04. The van der Waals surface area contributed by atoms with Crippen LogP contribution < -0.4 is 5.32 Å². The Morgan fingerprint density at radius 1 is 1.18 bits per heavy atom. The molecule has 0 saturated carbocycles. The summed E-state index contributed by atoms with van der Waals surface area (Å²) in [6.07, 6.45) is 2.52. The van der Waals surface area contributed by atoms with Crippen LogP contribution in [0.15, 0.2) is 47.1 Å². The van der Waals surface area contributed by atoms with Crippen molar-refractivity contribution < 1.29 is 9.21 Å². The highest BCUT2D eigenvalue weighted by Gasteiger charge is 2.07. The predicted octanol–water partition coefficient (Wildman–Crippen LogP) is 2.77. The van der Waals surface area contributed by atoms with Gasteiger partial charge in [0.25, 0.3) is 5.91 Å². The zero-order valence-corrected chi connectivity index (χ0v) is 9.77. The molecule has 0 aliphatic rings. The molecule has 0 aliphatic carbocycles. The number of benzene rings is 1. The first-order valence-corrected chi connectivity index (χ1v) is 5.69. The zero-order chi connectivity index (χ0) is 12.1. The zero-order valence-electron chi connectivity index (χ0n) is 9.77. The fourth-order valence-electron chi connectivity index (χ4n) is 1.57. The number of carbonyl (C=O) groups is 1. The summed E-state index contributed by atoms with van der Waals surface area (Å²) >= 11 is 0. The SMILES string of the molecule is CCc1ccc(CNC(=O)c2ccco2)cc1. The highest BCUT2D eigenvalue weighted by molar-refractivity contribution is 5.91. The van der Waals surface area contributed by atoms with E-state index in [-0.39, 0.29) is 5.91 Å². The quantitative estimate of drug-likeness (QED) is 0.875. The number of nitrogens with one attached hydrogen (secondary N) is 1. The number of carbonyl (C=O) groups excluding carboxylic acids is 1. The van der Waals surface area contributed by atoms with Crippen LogP contribution in [0.5, 0.6) is 0 Å². The van der Waals surface area contributed by atoms with Gasteiger partial charge in [-0.2, -0.15) is 0 Å². The van der Waals surface area contributed by atoms with Gasteiger partial charge < -0.3 is 9.73 Å². The van der Waals surface area contributed by atoms with Crippen molar-refractivity contribution in [2.75, 3.05) is 0 Å². The van der Waals surface area contributed by atoms with E-state index >= 15 is 0 Å². The lowest BCUT2D eigenvalue weighted by Crippen LogP contribution is -2.22. The molecule has 0 saturated heterocycles. The Hall–Kier alpha value is -2.03. The summed E-state index contributed by atoms with van der Waals surface area (Å²) < 4.78 is 5.01. The second kappa shape index (κ2) is 5.34. The molecule has 0 bridgehead atoms. The molecule has 1 heterocycles. The van der Waals surface area contributed by atoms with Gasteiger partial charge in [-0.1, -0.05) is 31.2 Å². The van der Waals surface area contributed by atoms with E-state index in [4.69, 9.17) is 4.42 Å². The Morgan fingerprint density at radius 3 is 2.47 bits per heavy atom. The topological polar surface area (TPSA) is 42.2 Å². The second-order valence-electron chi connectivity index (χ2n) is 3.83. The first kappa shape index (κ1) is 11.5. The number of amides is 1. The average molecular weight is 229 g/mol. The molecule has 1 aromatic heterocycles. The lowest BCUT2D eigenvalue weighted by atomic mass is 10.1. The highest BCUT2D eigenvalue weighted by Crippen LogP contribution is 2.05. The summed E-state index contributed by atoms with van der Waals surface area (Å²) in [5, 5.41) is 2.81. The minimum absolute atomic E-state index is 0.186. The summed E-state index contributed by atoms with van der Waals surface area (Å²) in [7, 11) is 0. The van der Waals surface area contributed by atoms with Crippen LogP contribution in [-0.2, 0) is 13.0 Å². The molecule has 2 rings (SSSR count). The maximum Gasteiger partial charge on any atom is 0.287 e. The van der Waals surface area contributed by atoms with Crippen LogP contribution >= 0.6 is 0 Å². The van der Waals surface area contributed by atoms with Gasteiger partial charge in [0.15, 0.2) is 5.76 Å². The third-order valence-electron chi connectivity index (χ3n) is 2.63. The molecule has 2 aromatic rings. The molecule has 0 unspecified atom stereocenters. The van der Waals surface area contributed by atoms with Crippen molar-refractivity contribution in [3.8, 4) is 0 Å². The molecule has 88 valence electrons. The second-order valence-corrected chi connectivity index (χ2v) is 3.83. The molecule has 0 fully saturated rings. The van der Waals surface area contributed by atoms with E-state index in [0.29, 0.717) is 12.3 Å². The summed E-state index contributed by atoms with van der Waals surface area (Å²) in [6, 6.07) is 11.6. The number of aryl methyl sites for hydroxylation is 1. The van der Waals surface area contributed by atoms with Crippen molar-refractivity contribution in [1.29, 1.82) is 0 Å². The van der Waals surface area contributed by atoms with E-state index in [1.54, 1.807) is 12.1 Å².